The summed E-state index contributed by atoms with van der Waals surface area (Å²) >= 11 is 0. The van der Waals surface area contributed by atoms with E-state index in [1.54, 1.807) is 4.90 Å². The summed E-state index contributed by atoms with van der Waals surface area (Å²) in [5.74, 6) is 1.08. The molecule has 3 fully saturated rings. The second-order valence-corrected chi connectivity index (χ2v) is 9.42. The van der Waals surface area contributed by atoms with Crippen LogP contribution in [0.25, 0.3) is 0 Å². The highest BCUT2D eigenvalue weighted by Crippen LogP contribution is 2.31. The van der Waals surface area contributed by atoms with Crippen molar-refractivity contribution in [3.8, 4) is 0 Å². The van der Waals surface area contributed by atoms with Gasteiger partial charge in [-0.25, -0.2) is 4.68 Å². The molecule has 1 atom stereocenters. The van der Waals surface area contributed by atoms with Gasteiger partial charge in [0.2, 0.25) is 5.82 Å². The summed E-state index contributed by atoms with van der Waals surface area (Å²) in [4.78, 5) is 3.50. The highest BCUT2D eigenvalue weighted by molar-refractivity contribution is 5.22. The van der Waals surface area contributed by atoms with E-state index in [2.05, 4.69) is 50.5 Å². The van der Waals surface area contributed by atoms with Crippen LogP contribution in [-0.2, 0) is 0 Å². The van der Waals surface area contributed by atoms with E-state index >= 15 is 0 Å². The molecule has 0 spiro atoms. The zero-order valence-electron chi connectivity index (χ0n) is 17.6. The van der Waals surface area contributed by atoms with Crippen LogP contribution in [0.5, 0.6) is 0 Å². The third-order valence-corrected chi connectivity index (χ3v) is 7.71. The Bertz CT molecular complexity index is 755. The Labute approximate surface area is 174 Å². The predicted octanol–water partition coefficient (Wildman–Crippen LogP) is 0.994. The molecule has 0 radical (unpaired) electrons. The summed E-state index contributed by atoms with van der Waals surface area (Å²) in [6, 6.07) is 12.6. The van der Waals surface area contributed by atoms with E-state index in [0.29, 0.717) is 6.04 Å². The number of nitrogens with one attached hydrogen (secondary N) is 2. The number of tetrazole rings is 1. The van der Waals surface area contributed by atoms with Gasteiger partial charge in [0, 0.05) is 5.56 Å². The van der Waals surface area contributed by atoms with Crippen molar-refractivity contribution in [1.82, 2.24) is 20.2 Å². The van der Waals surface area contributed by atoms with Gasteiger partial charge >= 0.3 is 0 Å². The van der Waals surface area contributed by atoms with Gasteiger partial charge in [-0.15, -0.1) is 5.10 Å². The molecule has 2 aliphatic carbocycles. The van der Waals surface area contributed by atoms with Crippen molar-refractivity contribution in [2.24, 2.45) is 0 Å². The predicted molar refractivity (Wildman–Crippen MR) is 112 cm³/mol. The monoisotopic (exact) mass is 396 g/mol. The molecule has 1 aromatic carbocycles. The van der Waals surface area contributed by atoms with Crippen LogP contribution in [-0.4, -0.2) is 52.4 Å². The molecule has 0 amide bonds. The summed E-state index contributed by atoms with van der Waals surface area (Å²) in [5.41, 5.74) is 1.36. The largest absolute Gasteiger partial charge is 0.323 e. The highest BCUT2D eigenvalue weighted by atomic mass is 15.6. The van der Waals surface area contributed by atoms with Gasteiger partial charge in [0.25, 0.3) is 0 Å². The lowest BCUT2D eigenvalue weighted by Gasteiger charge is -2.38. The quantitative estimate of drug-likeness (QED) is 0.793. The van der Waals surface area contributed by atoms with Crippen LogP contribution in [0.3, 0.4) is 0 Å². The average Bonchev–Trinajstić information content (AvgIpc) is 3.48. The number of aromatic nitrogens is 4. The molecule has 5 rings (SSSR count). The summed E-state index contributed by atoms with van der Waals surface area (Å²) in [6.07, 6.45) is 12.2. The number of hydrogen-bond donors (Lipinski definition) is 2. The fourth-order valence-electron chi connectivity index (χ4n) is 6.11. The number of benzene rings is 1. The van der Waals surface area contributed by atoms with Crippen LogP contribution < -0.4 is 9.80 Å². The van der Waals surface area contributed by atoms with E-state index in [9.17, 15) is 0 Å². The van der Waals surface area contributed by atoms with Crippen LogP contribution in [0.1, 0.15) is 81.3 Å². The van der Waals surface area contributed by atoms with Gasteiger partial charge in [0.05, 0.1) is 12.1 Å². The van der Waals surface area contributed by atoms with Crippen molar-refractivity contribution in [3.05, 3.63) is 41.7 Å². The third kappa shape index (κ3) is 4.10. The Hall–Kier alpha value is -1.79. The van der Waals surface area contributed by atoms with E-state index in [1.165, 1.54) is 89.5 Å². The highest BCUT2D eigenvalue weighted by Gasteiger charge is 2.38. The zero-order valence-corrected chi connectivity index (χ0v) is 17.6. The van der Waals surface area contributed by atoms with E-state index < -0.39 is 0 Å². The fraction of sp³-hybridized carbons (Fsp3) is 0.696. The van der Waals surface area contributed by atoms with Crippen molar-refractivity contribution in [2.75, 3.05) is 26.2 Å². The van der Waals surface area contributed by atoms with Gasteiger partial charge in [-0.05, 0) is 49.0 Å². The van der Waals surface area contributed by atoms with Crippen molar-refractivity contribution >= 4 is 0 Å². The van der Waals surface area contributed by atoms with Crippen LogP contribution in [0, 0.1) is 0 Å². The first-order valence-corrected chi connectivity index (χ1v) is 11.9. The first-order valence-electron chi connectivity index (χ1n) is 11.9. The molecule has 1 aromatic heterocycles. The number of quaternary nitrogens is 2. The van der Waals surface area contributed by atoms with Crippen LogP contribution in [0.4, 0.5) is 0 Å². The van der Waals surface area contributed by atoms with Gasteiger partial charge in [-0.3, -0.25) is 0 Å². The molecule has 156 valence electrons. The Morgan fingerprint density at radius 2 is 1.52 bits per heavy atom. The number of rotatable bonds is 5. The van der Waals surface area contributed by atoms with Gasteiger partial charge < -0.3 is 9.80 Å². The van der Waals surface area contributed by atoms with Gasteiger partial charge in [-0.2, -0.15) is 0 Å². The van der Waals surface area contributed by atoms with Gasteiger partial charge in [-0.1, -0.05) is 49.6 Å². The molecule has 2 saturated carbocycles. The molecule has 3 aliphatic rings. The molecule has 2 aromatic rings. The molecule has 2 heterocycles. The summed E-state index contributed by atoms with van der Waals surface area (Å²) in [5, 5.41) is 13.2. The summed E-state index contributed by atoms with van der Waals surface area (Å²) < 4.78 is 2.18. The van der Waals surface area contributed by atoms with Crippen LogP contribution >= 0.6 is 0 Å². The maximum atomic E-state index is 4.60. The number of nitrogens with zero attached hydrogens (tertiary/aromatic N) is 4. The van der Waals surface area contributed by atoms with Gasteiger partial charge in [0.15, 0.2) is 6.04 Å². The molecule has 1 saturated heterocycles. The SMILES string of the molecule is c1ccc([C@H](c2nnnn2C2CCCC2)[NH+]2CC[NH+](C3CCCCC3)CC2)cc1. The van der Waals surface area contributed by atoms with Crippen LogP contribution in [0.15, 0.2) is 30.3 Å². The summed E-state index contributed by atoms with van der Waals surface area (Å²) in [6.45, 7) is 4.99. The Morgan fingerprint density at radius 1 is 0.828 bits per heavy atom. The smallest absolute Gasteiger partial charge is 0.214 e. The van der Waals surface area contributed by atoms with E-state index in [-0.39, 0.29) is 6.04 Å². The molecular formula is C23H36N6+2. The lowest BCUT2D eigenvalue weighted by Crippen LogP contribution is -3.29. The number of hydrogen-bond acceptors (Lipinski definition) is 3. The van der Waals surface area contributed by atoms with Crippen molar-refractivity contribution in [3.63, 3.8) is 0 Å². The maximum absolute atomic E-state index is 4.60. The normalized spacial score (nSPS) is 27.9. The second-order valence-electron chi connectivity index (χ2n) is 9.42. The molecule has 1 aliphatic heterocycles. The minimum absolute atomic E-state index is 0.250. The molecular weight excluding hydrogens is 360 g/mol. The molecule has 6 nitrogen and oxygen atoms in total. The lowest BCUT2D eigenvalue weighted by molar-refractivity contribution is -1.03. The van der Waals surface area contributed by atoms with Crippen LogP contribution in [0.2, 0.25) is 0 Å². The first-order chi connectivity index (χ1) is 14.4. The van der Waals surface area contributed by atoms with E-state index in [0.717, 1.165) is 11.9 Å². The van der Waals surface area contributed by atoms with Crippen molar-refractivity contribution in [1.29, 1.82) is 0 Å². The van der Waals surface area contributed by atoms with Gasteiger partial charge in [0.1, 0.15) is 26.2 Å². The first kappa shape index (κ1) is 19.2. The second kappa shape index (κ2) is 8.92. The maximum Gasteiger partial charge on any atom is 0.214 e. The van der Waals surface area contributed by atoms with E-state index in [1.807, 2.05) is 4.90 Å². The zero-order chi connectivity index (χ0) is 19.5. The standard InChI is InChI=1S/C23H34N6/c1-3-9-19(10-4-1)22(23-24-25-26-29(23)21-13-7-8-14-21)28-17-15-27(16-18-28)20-11-5-2-6-12-20/h1,3-4,9-10,20-22H,2,5-8,11-18H2/p+2/t22-/m1/s1. The van der Waals surface area contributed by atoms with Crippen molar-refractivity contribution < 1.29 is 9.80 Å². The Balaban J connectivity index is 1.37. The molecule has 2 N–H and O–H groups in total. The third-order valence-electron chi connectivity index (χ3n) is 7.71. The number of piperazine rings is 1. The Morgan fingerprint density at radius 3 is 2.24 bits per heavy atom. The van der Waals surface area contributed by atoms with Crippen molar-refractivity contribution in [2.45, 2.75) is 75.9 Å². The molecule has 6 heteroatoms. The average molecular weight is 397 g/mol. The minimum atomic E-state index is 0.250. The fourth-order valence-corrected chi connectivity index (χ4v) is 6.11. The molecule has 29 heavy (non-hydrogen) atoms. The lowest BCUT2D eigenvalue weighted by atomic mass is 9.93. The Kier molecular flexibility index (Phi) is 5.90. The molecule has 0 bridgehead atoms. The minimum Gasteiger partial charge on any atom is -0.323 e. The van der Waals surface area contributed by atoms with E-state index in [4.69, 9.17) is 0 Å². The summed E-state index contributed by atoms with van der Waals surface area (Å²) in [7, 11) is 0. The molecule has 0 unspecified atom stereocenters. The topological polar surface area (TPSA) is 52.5 Å².